The van der Waals surface area contributed by atoms with E-state index in [0.29, 0.717) is 22.3 Å². The van der Waals surface area contributed by atoms with Crippen molar-refractivity contribution in [1.29, 1.82) is 0 Å². The van der Waals surface area contributed by atoms with E-state index in [-0.39, 0.29) is 5.82 Å². The molecule has 0 atom stereocenters. The van der Waals surface area contributed by atoms with E-state index in [4.69, 9.17) is 4.74 Å². The molecule has 0 aliphatic carbocycles. The number of aromatic nitrogens is 2. The highest BCUT2D eigenvalue weighted by molar-refractivity contribution is 7.20. The Labute approximate surface area is 207 Å². The highest BCUT2D eigenvalue weighted by Crippen LogP contribution is 2.31. The van der Waals surface area contributed by atoms with Gasteiger partial charge in [-0.1, -0.05) is 0 Å². The van der Waals surface area contributed by atoms with E-state index < -0.39 is 18.5 Å². The molecule has 0 unspecified atom stereocenters. The summed E-state index contributed by atoms with van der Waals surface area (Å²) in [6.45, 7) is 8.68. The molecule has 0 radical (unpaired) electrons. The van der Waals surface area contributed by atoms with E-state index in [1.807, 2.05) is 31.2 Å². The number of rotatable bonds is 8. The van der Waals surface area contributed by atoms with E-state index in [2.05, 4.69) is 36.1 Å². The van der Waals surface area contributed by atoms with Gasteiger partial charge in [-0.05, 0) is 82.3 Å². The molecule has 0 fully saturated rings. The van der Waals surface area contributed by atoms with Crippen LogP contribution in [0.5, 0.6) is 0 Å². The van der Waals surface area contributed by atoms with Crippen LogP contribution in [0.3, 0.4) is 0 Å². The average Bonchev–Trinajstić information content (AvgIpc) is 3.40. The molecule has 0 aliphatic heterocycles. The molecule has 0 spiro atoms. The zero-order chi connectivity index (χ0) is 25.1. The second kappa shape index (κ2) is 10.3. The Balaban J connectivity index is 1.39. The van der Waals surface area contributed by atoms with Crippen molar-refractivity contribution < 1.29 is 18.7 Å². The lowest BCUT2D eigenvalue weighted by molar-refractivity contribution is -0.119. The maximum absolute atomic E-state index is 13.3. The van der Waals surface area contributed by atoms with Crippen LogP contribution in [-0.2, 0) is 9.53 Å². The van der Waals surface area contributed by atoms with Crippen LogP contribution in [0, 0.1) is 12.7 Å². The van der Waals surface area contributed by atoms with Crippen molar-refractivity contribution in [2.45, 2.75) is 33.7 Å². The third-order valence-electron chi connectivity index (χ3n) is 5.60. The molecule has 4 rings (SSSR count). The summed E-state index contributed by atoms with van der Waals surface area (Å²) >= 11 is 1.21. The SMILES string of the molecule is CCN(c1ccc(NC(=O)COC(=O)c2cc3c(C)nn(-c4ccc(F)cc4)c3s2)cc1)C(C)C. The lowest BCUT2D eigenvalue weighted by Crippen LogP contribution is -2.30. The van der Waals surface area contributed by atoms with Gasteiger partial charge >= 0.3 is 5.97 Å². The molecular formula is C26H27FN4O3S. The quantitative estimate of drug-likeness (QED) is 0.324. The maximum atomic E-state index is 13.3. The van der Waals surface area contributed by atoms with Gasteiger partial charge < -0.3 is 15.0 Å². The summed E-state index contributed by atoms with van der Waals surface area (Å²) in [5.74, 6) is -1.34. The fourth-order valence-electron chi connectivity index (χ4n) is 3.89. The van der Waals surface area contributed by atoms with Crippen molar-refractivity contribution in [2.24, 2.45) is 0 Å². The fourth-order valence-corrected chi connectivity index (χ4v) is 4.96. The third-order valence-corrected chi connectivity index (χ3v) is 6.69. The van der Waals surface area contributed by atoms with Gasteiger partial charge in [0.25, 0.3) is 5.91 Å². The number of amides is 1. The average molecular weight is 495 g/mol. The molecule has 35 heavy (non-hydrogen) atoms. The van der Waals surface area contributed by atoms with Crippen molar-refractivity contribution in [3.63, 3.8) is 0 Å². The number of nitrogens with zero attached hydrogens (tertiary/aromatic N) is 3. The highest BCUT2D eigenvalue weighted by Gasteiger charge is 2.19. The molecule has 1 N–H and O–H groups in total. The Bertz CT molecular complexity index is 1340. The highest BCUT2D eigenvalue weighted by atomic mass is 32.1. The first kappa shape index (κ1) is 24.4. The lowest BCUT2D eigenvalue weighted by atomic mass is 10.2. The summed E-state index contributed by atoms with van der Waals surface area (Å²) in [6.07, 6.45) is 0. The number of fused-ring (bicyclic) bond motifs is 1. The van der Waals surface area contributed by atoms with Crippen LogP contribution < -0.4 is 10.2 Å². The monoisotopic (exact) mass is 494 g/mol. The van der Waals surface area contributed by atoms with Gasteiger partial charge in [0.05, 0.1) is 11.4 Å². The minimum atomic E-state index is -0.586. The molecule has 4 aromatic rings. The molecule has 7 nitrogen and oxygen atoms in total. The first-order chi connectivity index (χ1) is 16.8. The number of hydrogen-bond donors (Lipinski definition) is 1. The number of anilines is 2. The Morgan fingerprint density at radius 3 is 2.46 bits per heavy atom. The van der Waals surface area contributed by atoms with Crippen molar-refractivity contribution >= 4 is 44.8 Å². The Hall–Kier alpha value is -3.72. The van der Waals surface area contributed by atoms with Crippen LogP contribution in [0.25, 0.3) is 15.9 Å². The largest absolute Gasteiger partial charge is 0.451 e. The standard InChI is InChI=1S/C26H27FN4O3S/c1-5-30(16(2)3)20-12-8-19(9-13-20)28-24(32)15-34-26(33)23-14-22-17(4)29-31(25(22)35-23)21-10-6-18(27)7-11-21/h6-14,16H,5,15H2,1-4H3,(H,28,32). The summed E-state index contributed by atoms with van der Waals surface area (Å²) in [6, 6.07) is 15.6. The van der Waals surface area contributed by atoms with Crippen molar-refractivity contribution in [1.82, 2.24) is 9.78 Å². The number of esters is 1. The van der Waals surface area contributed by atoms with Crippen LogP contribution in [-0.4, -0.2) is 40.9 Å². The molecule has 0 saturated heterocycles. The van der Waals surface area contributed by atoms with Gasteiger partial charge in [-0.2, -0.15) is 5.10 Å². The van der Waals surface area contributed by atoms with Crippen LogP contribution in [0.2, 0.25) is 0 Å². The normalized spacial score (nSPS) is 11.1. The van der Waals surface area contributed by atoms with Gasteiger partial charge in [0.1, 0.15) is 15.5 Å². The molecule has 2 aromatic carbocycles. The van der Waals surface area contributed by atoms with Gasteiger partial charge in [0.2, 0.25) is 0 Å². The van der Waals surface area contributed by atoms with Gasteiger partial charge in [0.15, 0.2) is 6.61 Å². The Morgan fingerprint density at radius 1 is 1.14 bits per heavy atom. The number of carbonyl (C=O) groups is 2. The zero-order valence-electron chi connectivity index (χ0n) is 20.0. The number of thiophene rings is 1. The molecule has 1 amide bonds. The van der Waals surface area contributed by atoms with Crippen LogP contribution in [0.1, 0.15) is 36.1 Å². The van der Waals surface area contributed by atoms with Gasteiger partial charge in [-0.25, -0.2) is 13.9 Å². The predicted octanol–water partition coefficient (Wildman–Crippen LogP) is 5.56. The second-order valence-electron chi connectivity index (χ2n) is 8.35. The number of halogens is 1. The number of benzene rings is 2. The molecular weight excluding hydrogens is 467 g/mol. The van der Waals surface area contributed by atoms with Crippen LogP contribution >= 0.6 is 11.3 Å². The first-order valence-electron chi connectivity index (χ1n) is 11.4. The molecule has 0 saturated carbocycles. The number of nitrogens with one attached hydrogen (secondary N) is 1. The van der Waals surface area contributed by atoms with Crippen molar-refractivity contribution in [3.05, 3.63) is 71.0 Å². The Kier molecular flexibility index (Phi) is 7.16. The predicted molar refractivity (Wildman–Crippen MR) is 137 cm³/mol. The zero-order valence-corrected chi connectivity index (χ0v) is 20.9. The number of carbonyl (C=O) groups excluding carboxylic acids is 2. The summed E-state index contributed by atoms with van der Waals surface area (Å²) in [5.41, 5.74) is 3.13. The molecule has 0 aliphatic rings. The summed E-state index contributed by atoms with van der Waals surface area (Å²) in [5, 5.41) is 8.04. The van der Waals surface area contributed by atoms with Crippen molar-refractivity contribution in [2.75, 3.05) is 23.4 Å². The lowest BCUT2D eigenvalue weighted by Gasteiger charge is -2.27. The third kappa shape index (κ3) is 5.35. The molecule has 2 aromatic heterocycles. The fraction of sp³-hybridized carbons (Fsp3) is 0.269. The van der Waals surface area contributed by atoms with Crippen LogP contribution in [0.4, 0.5) is 15.8 Å². The van der Waals surface area contributed by atoms with Gasteiger partial charge in [-0.15, -0.1) is 11.3 Å². The minimum Gasteiger partial charge on any atom is -0.451 e. The molecule has 9 heteroatoms. The number of ether oxygens (including phenoxy) is 1. The van der Waals surface area contributed by atoms with Gasteiger partial charge in [0, 0.05) is 29.3 Å². The van der Waals surface area contributed by atoms with E-state index in [0.717, 1.165) is 28.1 Å². The minimum absolute atomic E-state index is 0.336. The topological polar surface area (TPSA) is 76.5 Å². The Morgan fingerprint density at radius 2 is 1.83 bits per heavy atom. The number of hydrogen-bond acceptors (Lipinski definition) is 6. The second-order valence-corrected chi connectivity index (χ2v) is 9.38. The van der Waals surface area contributed by atoms with E-state index >= 15 is 0 Å². The first-order valence-corrected chi connectivity index (χ1v) is 12.2. The summed E-state index contributed by atoms with van der Waals surface area (Å²) in [7, 11) is 0. The van der Waals surface area contributed by atoms with E-state index in [1.165, 1.54) is 23.5 Å². The smallest absolute Gasteiger partial charge is 0.348 e. The molecule has 182 valence electrons. The number of aryl methyl sites for hydroxylation is 1. The van der Waals surface area contributed by atoms with E-state index in [1.54, 1.807) is 22.9 Å². The van der Waals surface area contributed by atoms with E-state index in [9.17, 15) is 14.0 Å². The summed E-state index contributed by atoms with van der Waals surface area (Å²) in [4.78, 5) is 28.3. The molecule has 2 heterocycles. The molecule has 0 bridgehead atoms. The van der Waals surface area contributed by atoms with Crippen LogP contribution in [0.15, 0.2) is 54.6 Å². The summed E-state index contributed by atoms with van der Waals surface area (Å²) < 4.78 is 20.2. The van der Waals surface area contributed by atoms with Gasteiger partial charge in [-0.3, -0.25) is 4.79 Å². The maximum Gasteiger partial charge on any atom is 0.348 e. The van der Waals surface area contributed by atoms with Crippen molar-refractivity contribution in [3.8, 4) is 5.69 Å².